The predicted molar refractivity (Wildman–Crippen MR) is 273 cm³/mol. The number of amidine groups is 2. The molecular formula is C52H53ClN10O4S. The van der Waals surface area contributed by atoms with E-state index in [-0.39, 0.29) is 17.7 Å². The average Bonchev–Trinajstić information content (AvgIpc) is 3.35. The number of rotatable bonds is 10. The van der Waals surface area contributed by atoms with Crippen molar-refractivity contribution in [1.29, 1.82) is 10.8 Å². The number of para-hydroxylation sites is 2. The van der Waals surface area contributed by atoms with Gasteiger partial charge in [-0.3, -0.25) is 30.0 Å². The van der Waals surface area contributed by atoms with E-state index in [9.17, 15) is 19.2 Å². The number of carbonyl (C=O) groups is 4. The zero-order valence-corrected chi connectivity index (χ0v) is 39.3. The van der Waals surface area contributed by atoms with Crippen molar-refractivity contribution in [3.63, 3.8) is 0 Å². The van der Waals surface area contributed by atoms with Crippen molar-refractivity contribution in [3.8, 4) is 0 Å². The Kier molecular flexibility index (Phi) is 17.1. The van der Waals surface area contributed by atoms with E-state index < -0.39 is 5.91 Å². The molecule has 16 heteroatoms. The number of nitrogens with one attached hydrogen (secondary N) is 6. The Balaban J connectivity index is 0.000000202. The zero-order valence-electron chi connectivity index (χ0n) is 37.7. The smallest absolute Gasteiger partial charge is 0.258 e. The number of hydrogen-bond acceptors (Lipinski definition) is 9. The number of halogens is 1. The van der Waals surface area contributed by atoms with Gasteiger partial charge in [0.1, 0.15) is 23.3 Å². The van der Waals surface area contributed by atoms with E-state index in [1.165, 1.54) is 25.5 Å². The molecule has 2 saturated heterocycles. The first-order valence-corrected chi connectivity index (χ1v) is 24.0. The highest BCUT2D eigenvalue weighted by Crippen LogP contribution is 2.22. The van der Waals surface area contributed by atoms with Gasteiger partial charge in [-0.15, -0.1) is 0 Å². The molecule has 6 aromatic rings. The minimum Gasteiger partial charge on any atom is -0.357 e. The minimum atomic E-state index is -0.399. The quantitative estimate of drug-likeness (QED) is 0.0572. The van der Waals surface area contributed by atoms with Crippen molar-refractivity contribution >= 4 is 81.7 Å². The molecule has 4 amide bonds. The van der Waals surface area contributed by atoms with Crippen LogP contribution in [0.3, 0.4) is 0 Å². The number of pyridine rings is 2. The van der Waals surface area contributed by atoms with Crippen molar-refractivity contribution in [1.82, 2.24) is 19.8 Å². The molecule has 0 aliphatic carbocycles. The van der Waals surface area contributed by atoms with Crippen molar-refractivity contribution in [2.45, 2.75) is 39.0 Å². The SMILES string of the molecule is Cc1ccc(NC(=O)c2ccccc2NC(=O)c2ccc(C(=N)N3CCCCCCC3)cc2)nc1.N=C(c1ccc(C(=O)Nc2ccccc2C(=O)Nc2ccc(Cl)cn2)cc1)N1CCSCC1. The maximum Gasteiger partial charge on any atom is 0.258 e. The highest BCUT2D eigenvalue weighted by molar-refractivity contribution is 7.99. The first-order chi connectivity index (χ1) is 33.0. The van der Waals surface area contributed by atoms with Crippen LogP contribution in [0.25, 0.3) is 0 Å². The number of anilines is 4. The fraction of sp³-hybridized carbons (Fsp3) is 0.231. The standard InChI is InChI=1S/C28H31N5O2.C24H22ClN5O2S/c1-20-11-16-25(30-19-20)32-28(35)23-9-5-6-10-24(23)31-27(34)22-14-12-21(13-15-22)26(29)33-17-7-3-2-4-8-18-33;25-18-9-10-21(27-15-18)29-24(32)19-3-1-2-4-20(19)28-23(31)17-7-5-16(6-8-17)22(26)30-11-13-33-14-12-30/h5-6,9-16,19,29H,2-4,7-8,17-18H2,1H3,(H,31,34)(H,30,32,35);1-10,15,26H,11-14H2,(H,28,31)(H,27,29,32). The maximum absolute atomic E-state index is 12.9. The molecule has 2 aliphatic heterocycles. The molecule has 2 fully saturated rings. The summed E-state index contributed by atoms with van der Waals surface area (Å²) in [5.74, 6) is 2.41. The Morgan fingerprint density at radius 1 is 0.500 bits per heavy atom. The summed E-state index contributed by atoms with van der Waals surface area (Å²) in [6, 6.07) is 34.5. The lowest BCUT2D eigenvalue weighted by molar-refractivity contribution is 0.101. The number of aryl methyl sites for hydroxylation is 1. The maximum atomic E-state index is 12.9. The third kappa shape index (κ3) is 13.4. The van der Waals surface area contributed by atoms with Gasteiger partial charge in [0.25, 0.3) is 23.6 Å². The van der Waals surface area contributed by atoms with Crippen molar-refractivity contribution in [3.05, 3.63) is 178 Å². The van der Waals surface area contributed by atoms with Crippen LogP contribution in [0.1, 0.15) is 90.2 Å². The van der Waals surface area contributed by atoms with E-state index in [1.54, 1.807) is 109 Å². The Bertz CT molecular complexity index is 2720. The van der Waals surface area contributed by atoms with E-state index in [4.69, 9.17) is 22.4 Å². The normalized spacial score (nSPS) is 13.6. The molecule has 348 valence electrons. The number of hydrogen-bond donors (Lipinski definition) is 6. The molecule has 8 rings (SSSR count). The summed E-state index contributed by atoms with van der Waals surface area (Å²) < 4.78 is 0. The van der Waals surface area contributed by atoms with Crippen LogP contribution in [0.4, 0.5) is 23.0 Å². The van der Waals surface area contributed by atoms with E-state index >= 15 is 0 Å². The van der Waals surface area contributed by atoms with Gasteiger partial charge < -0.3 is 31.1 Å². The highest BCUT2D eigenvalue weighted by Gasteiger charge is 2.20. The van der Waals surface area contributed by atoms with Gasteiger partial charge in [0, 0.05) is 72.3 Å². The third-order valence-corrected chi connectivity index (χ3v) is 12.5. The van der Waals surface area contributed by atoms with E-state index in [0.717, 1.165) is 67.2 Å². The molecule has 0 unspecified atom stereocenters. The molecule has 4 heterocycles. The van der Waals surface area contributed by atoms with E-state index in [1.807, 2.05) is 36.9 Å². The van der Waals surface area contributed by atoms with E-state index in [2.05, 4.69) is 41.0 Å². The first kappa shape index (κ1) is 48.6. The van der Waals surface area contributed by atoms with Crippen molar-refractivity contribution in [2.75, 3.05) is 59.0 Å². The molecule has 0 spiro atoms. The number of thioether (sulfide) groups is 1. The molecule has 0 bridgehead atoms. The molecule has 0 radical (unpaired) electrons. The average molecular weight is 950 g/mol. The lowest BCUT2D eigenvalue weighted by Crippen LogP contribution is -2.37. The zero-order chi connectivity index (χ0) is 47.8. The molecule has 14 nitrogen and oxygen atoms in total. The summed E-state index contributed by atoms with van der Waals surface area (Å²) in [6.07, 6.45) is 9.04. The molecule has 2 aromatic heterocycles. The second-order valence-corrected chi connectivity index (χ2v) is 17.9. The molecule has 0 atom stereocenters. The van der Waals surface area contributed by atoms with E-state index in [0.29, 0.717) is 62.0 Å². The van der Waals surface area contributed by atoms with Crippen molar-refractivity contribution < 1.29 is 19.2 Å². The van der Waals surface area contributed by atoms with Crippen LogP contribution in [-0.4, -0.2) is 92.8 Å². The first-order valence-electron chi connectivity index (χ1n) is 22.5. The van der Waals surface area contributed by atoms with Gasteiger partial charge in [-0.2, -0.15) is 11.8 Å². The van der Waals surface area contributed by atoms with Gasteiger partial charge in [0.2, 0.25) is 0 Å². The Morgan fingerprint density at radius 3 is 1.38 bits per heavy atom. The lowest BCUT2D eigenvalue weighted by atomic mass is 10.1. The number of benzene rings is 4. The molecule has 4 aromatic carbocycles. The second kappa shape index (κ2) is 23.9. The van der Waals surface area contributed by atoms with Crippen molar-refractivity contribution in [2.24, 2.45) is 0 Å². The minimum absolute atomic E-state index is 0.309. The summed E-state index contributed by atoms with van der Waals surface area (Å²) in [5, 5.41) is 28.6. The highest BCUT2D eigenvalue weighted by atomic mass is 35.5. The largest absolute Gasteiger partial charge is 0.357 e. The molecule has 68 heavy (non-hydrogen) atoms. The predicted octanol–water partition coefficient (Wildman–Crippen LogP) is 10.1. The topological polar surface area (TPSA) is 196 Å². The summed E-state index contributed by atoms with van der Waals surface area (Å²) in [4.78, 5) is 63.8. The monoisotopic (exact) mass is 948 g/mol. The van der Waals surface area contributed by atoms with Crippen LogP contribution in [0, 0.1) is 17.7 Å². The van der Waals surface area contributed by atoms with Gasteiger partial charge in [-0.05, 0) is 92.1 Å². The summed E-state index contributed by atoms with van der Waals surface area (Å²) in [7, 11) is 0. The summed E-state index contributed by atoms with van der Waals surface area (Å²) in [6.45, 7) is 5.44. The molecule has 0 saturated carbocycles. The molecule has 2 aliphatic rings. The van der Waals surface area contributed by atoms with Gasteiger partial charge in [0.05, 0.1) is 27.5 Å². The van der Waals surface area contributed by atoms with Crippen LogP contribution >= 0.6 is 23.4 Å². The number of likely N-dealkylation sites (tertiary alicyclic amines) is 1. The Morgan fingerprint density at radius 2 is 0.926 bits per heavy atom. The summed E-state index contributed by atoms with van der Waals surface area (Å²) in [5.41, 5.74) is 4.93. The summed E-state index contributed by atoms with van der Waals surface area (Å²) >= 11 is 7.73. The van der Waals surface area contributed by atoms with Crippen LogP contribution in [0.5, 0.6) is 0 Å². The molecular weight excluding hydrogens is 896 g/mol. The second-order valence-electron chi connectivity index (χ2n) is 16.2. The Hall–Kier alpha value is -7.36. The lowest BCUT2D eigenvalue weighted by Gasteiger charge is -2.28. The number of amides is 4. The number of nitrogens with zero attached hydrogens (tertiary/aromatic N) is 4. The van der Waals surface area contributed by atoms with Crippen LogP contribution < -0.4 is 21.3 Å². The van der Waals surface area contributed by atoms with Crippen LogP contribution in [0.15, 0.2) is 134 Å². The number of aromatic nitrogens is 2. The van der Waals surface area contributed by atoms with Crippen LogP contribution in [-0.2, 0) is 0 Å². The fourth-order valence-electron chi connectivity index (χ4n) is 7.51. The third-order valence-electron chi connectivity index (χ3n) is 11.3. The van der Waals surface area contributed by atoms with Gasteiger partial charge in [0.15, 0.2) is 0 Å². The van der Waals surface area contributed by atoms with Crippen LogP contribution in [0.2, 0.25) is 5.02 Å². The number of carbonyl (C=O) groups excluding carboxylic acids is 4. The van der Waals surface area contributed by atoms with Gasteiger partial charge >= 0.3 is 0 Å². The Labute approximate surface area is 405 Å². The van der Waals surface area contributed by atoms with Gasteiger partial charge in [-0.1, -0.05) is 85.5 Å². The molecule has 6 N–H and O–H groups in total. The fourth-order valence-corrected chi connectivity index (χ4v) is 8.53. The van der Waals surface area contributed by atoms with Gasteiger partial charge in [-0.25, -0.2) is 9.97 Å².